The number of piperidine rings is 1. The van der Waals surface area contributed by atoms with Gasteiger partial charge < -0.3 is 14.6 Å². The van der Waals surface area contributed by atoms with Crippen molar-refractivity contribution in [2.75, 3.05) is 40.8 Å². The van der Waals surface area contributed by atoms with Crippen LogP contribution >= 0.6 is 0 Å². The molecule has 1 aliphatic heterocycles. The fourth-order valence-corrected chi connectivity index (χ4v) is 5.36. The number of likely N-dealkylation sites (tertiary alicyclic amines) is 1. The lowest BCUT2D eigenvalue weighted by atomic mass is 9.87. The van der Waals surface area contributed by atoms with Gasteiger partial charge in [-0.1, -0.05) is 19.9 Å². The van der Waals surface area contributed by atoms with Crippen LogP contribution in [0.2, 0.25) is 0 Å². The summed E-state index contributed by atoms with van der Waals surface area (Å²) in [6, 6.07) is 11.1. The van der Waals surface area contributed by atoms with E-state index >= 15 is 0 Å². The number of likely N-dealkylation sites (N-methyl/N-ethyl adjacent to an activating group) is 1. The van der Waals surface area contributed by atoms with E-state index in [0.717, 1.165) is 54.2 Å². The highest BCUT2D eigenvalue weighted by Crippen LogP contribution is 2.39. The Kier molecular flexibility index (Phi) is 6.28. The predicted molar refractivity (Wildman–Crippen MR) is 140 cm³/mol. The first kappa shape index (κ1) is 23.4. The molecule has 4 heterocycles. The van der Waals surface area contributed by atoms with Gasteiger partial charge in [-0.25, -0.2) is 4.98 Å². The van der Waals surface area contributed by atoms with Crippen LogP contribution in [0.5, 0.6) is 5.88 Å². The van der Waals surface area contributed by atoms with E-state index in [4.69, 9.17) is 4.74 Å². The lowest BCUT2D eigenvalue weighted by molar-refractivity contribution is -0.130. The molecule has 0 unspecified atom stereocenters. The van der Waals surface area contributed by atoms with Crippen LogP contribution in [0.1, 0.15) is 49.7 Å². The molecule has 35 heavy (non-hydrogen) atoms. The molecule has 3 aromatic heterocycles. The lowest BCUT2D eigenvalue weighted by Crippen LogP contribution is -2.40. The molecule has 1 N–H and O–H groups in total. The van der Waals surface area contributed by atoms with E-state index in [0.29, 0.717) is 18.4 Å². The predicted octanol–water partition coefficient (Wildman–Crippen LogP) is 4.88. The van der Waals surface area contributed by atoms with Gasteiger partial charge in [0.2, 0.25) is 5.91 Å². The number of benzene rings is 1. The van der Waals surface area contributed by atoms with Crippen LogP contribution in [0.15, 0.2) is 42.7 Å². The third-order valence-electron chi connectivity index (χ3n) is 7.32. The molecule has 1 saturated heterocycles. The SMILES string of the molecule is COc1cc(-c2[nH]c3ccc(C4CCN(CC(=O)N(C)C)CC4)cc3c2C(C)C)cc2nccn12. The molecule has 184 valence electrons. The largest absolute Gasteiger partial charge is 0.482 e. The van der Waals surface area contributed by atoms with Crippen LogP contribution < -0.4 is 4.74 Å². The fourth-order valence-electron chi connectivity index (χ4n) is 5.36. The van der Waals surface area contributed by atoms with Crippen molar-refractivity contribution in [3.63, 3.8) is 0 Å². The van der Waals surface area contributed by atoms with E-state index in [-0.39, 0.29) is 5.91 Å². The number of pyridine rings is 1. The van der Waals surface area contributed by atoms with Gasteiger partial charge in [-0.05, 0) is 67.1 Å². The molecule has 0 spiro atoms. The summed E-state index contributed by atoms with van der Waals surface area (Å²) in [6.07, 6.45) is 5.87. The normalized spacial score (nSPS) is 15.4. The number of imidazole rings is 1. The third-order valence-corrected chi connectivity index (χ3v) is 7.32. The van der Waals surface area contributed by atoms with Gasteiger partial charge in [0.15, 0.2) is 5.88 Å². The van der Waals surface area contributed by atoms with Crippen LogP contribution in [0.3, 0.4) is 0 Å². The monoisotopic (exact) mass is 473 g/mol. The van der Waals surface area contributed by atoms with Gasteiger partial charge in [-0.15, -0.1) is 0 Å². The van der Waals surface area contributed by atoms with Crippen molar-refractivity contribution in [3.8, 4) is 17.1 Å². The Morgan fingerprint density at radius 2 is 1.97 bits per heavy atom. The number of amides is 1. The molecule has 1 amide bonds. The molecule has 0 atom stereocenters. The van der Waals surface area contributed by atoms with Crippen molar-refractivity contribution in [3.05, 3.63) is 53.9 Å². The number of nitrogens with one attached hydrogen (secondary N) is 1. The topological polar surface area (TPSA) is 65.9 Å². The molecule has 1 fully saturated rings. The van der Waals surface area contributed by atoms with Crippen molar-refractivity contribution >= 4 is 22.5 Å². The summed E-state index contributed by atoms with van der Waals surface area (Å²) in [5, 5.41) is 1.29. The number of aromatic nitrogens is 3. The third kappa shape index (κ3) is 4.41. The number of carbonyl (C=O) groups is 1. The van der Waals surface area contributed by atoms with E-state index in [1.807, 2.05) is 24.7 Å². The second-order valence-corrected chi connectivity index (χ2v) is 10.2. The minimum absolute atomic E-state index is 0.177. The molecule has 7 heteroatoms. The van der Waals surface area contributed by atoms with Crippen LogP contribution in [0, 0.1) is 0 Å². The number of carbonyl (C=O) groups excluding carboxylic acids is 1. The van der Waals surface area contributed by atoms with Gasteiger partial charge in [0.1, 0.15) is 5.65 Å². The number of hydrogen-bond acceptors (Lipinski definition) is 4. The number of methoxy groups -OCH3 is 1. The van der Waals surface area contributed by atoms with E-state index in [2.05, 4.69) is 59.0 Å². The summed E-state index contributed by atoms with van der Waals surface area (Å²) in [5.74, 6) is 1.82. The highest BCUT2D eigenvalue weighted by molar-refractivity contribution is 5.92. The maximum absolute atomic E-state index is 12.1. The molecule has 0 bridgehead atoms. The molecule has 7 nitrogen and oxygen atoms in total. The Morgan fingerprint density at radius 3 is 2.66 bits per heavy atom. The fraction of sp³-hybridized carbons (Fsp3) is 0.429. The van der Waals surface area contributed by atoms with Gasteiger partial charge >= 0.3 is 0 Å². The summed E-state index contributed by atoms with van der Waals surface area (Å²) in [5.41, 5.74) is 6.96. The second-order valence-electron chi connectivity index (χ2n) is 10.2. The Hall–Kier alpha value is -3.32. The average molecular weight is 474 g/mol. The first-order valence-electron chi connectivity index (χ1n) is 12.4. The number of nitrogens with zero attached hydrogens (tertiary/aromatic N) is 4. The minimum atomic E-state index is 0.177. The second kappa shape index (κ2) is 9.38. The van der Waals surface area contributed by atoms with Gasteiger partial charge in [-0.3, -0.25) is 14.1 Å². The van der Waals surface area contributed by atoms with Crippen molar-refractivity contribution in [1.82, 2.24) is 24.2 Å². The average Bonchev–Trinajstić information content (AvgIpc) is 3.48. The zero-order valence-electron chi connectivity index (χ0n) is 21.3. The zero-order chi connectivity index (χ0) is 24.7. The molecule has 1 aliphatic rings. The molecule has 5 rings (SSSR count). The number of fused-ring (bicyclic) bond motifs is 2. The highest BCUT2D eigenvalue weighted by Gasteiger charge is 2.24. The summed E-state index contributed by atoms with van der Waals surface area (Å²) < 4.78 is 7.60. The quantitative estimate of drug-likeness (QED) is 0.433. The van der Waals surface area contributed by atoms with E-state index in [1.54, 1.807) is 18.2 Å². The first-order valence-corrected chi connectivity index (χ1v) is 12.4. The van der Waals surface area contributed by atoms with Crippen LogP contribution in [-0.4, -0.2) is 70.9 Å². The summed E-state index contributed by atoms with van der Waals surface area (Å²) in [4.78, 5) is 24.2. The smallest absolute Gasteiger partial charge is 0.236 e. The highest BCUT2D eigenvalue weighted by atomic mass is 16.5. The van der Waals surface area contributed by atoms with E-state index in [9.17, 15) is 4.79 Å². The minimum Gasteiger partial charge on any atom is -0.482 e. The van der Waals surface area contributed by atoms with Crippen LogP contribution in [0.25, 0.3) is 27.8 Å². The van der Waals surface area contributed by atoms with Crippen molar-refractivity contribution < 1.29 is 9.53 Å². The Labute approximate surface area is 206 Å². The molecule has 4 aromatic rings. The Bertz CT molecular complexity index is 1360. The molecule has 0 saturated carbocycles. The van der Waals surface area contributed by atoms with Crippen LogP contribution in [0.4, 0.5) is 0 Å². The maximum Gasteiger partial charge on any atom is 0.236 e. The Morgan fingerprint density at radius 1 is 1.20 bits per heavy atom. The number of rotatable bonds is 6. The van der Waals surface area contributed by atoms with Crippen LogP contribution in [-0.2, 0) is 4.79 Å². The zero-order valence-corrected chi connectivity index (χ0v) is 21.3. The standard InChI is InChI=1S/C28H35N5O2/c1-18(2)27-22-14-20(19-8-11-32(12-9-19)17-25(34)31(3)4)6-7-23(22)30-28(27)21-15-24-29-10-13-33(24)26(16-21)35-5/h6-7,10,13-16,18-19,30H,8-9,11-12,17H2,1-5H3. The first-order chi connectivity index (χ1) is 16.9. The van der Waals surface area contributed by atoms with Gasteiger partial charge in [0, 0.05) is 49.0 Å². The molecule has 1 aromatic carbocycles. The molecule has 0 radical (unpaired) electrons. The number of aromatic amines is 1. The van der Waals surface area contributed by atoms with Crippen molar-refractivity contribution in [2.45, 2.75) is 38.5 Å². The molecule has 0 aliphatic carbocycles. The molecular formula is C28H35N5O2. The van der Waals surface area contributed by atoms with E-state index < -0.39 is 0 Å². The molecular weight excluding hydrogens is 438 g/mol. The lowest BCUT2D eigenvalue weighted by Gasteiger charge is -2.32. The van der Waals surface area contributed by atoms with Crippen molar-refractivity contribution in [2.24, 2.45) is 0 Å². The summed E-state index contributed by atoms with van der Waals surface area (Å²) in [7, 11) is 5.34. The van der Waals surface area contributed by atoms with Gasteiger partial charge in [0.25, 0.3) is 0 Å². The number of H-pyrrole nitrogens is 1. The van der Waals surface area contributed by atoms with E-state index in [1.165, 1.54) is 16.5 Å². The van der Waals surface area contributed by atoms with Gasteiger partial charge in [-0.2, -0.15) is 0 Å². The summed E-state index contributed by atoms with van der Waals surface area (Å²) in [6.45, 7) is 6.94. The van der Waals surface area contributed by atoms with Crippen molar-refractivity contribution in [1.29, 1.82) is 0 Å². The number of hydrogen-bond donors (Lipinski definition) is 1. The number of ether oxygens (including phenoxy) is 1. The van der Waals surface area contributed by atoms with Gasteiger partial charge in [0.05, 0.1) is 19.3 Å². The maximum atomic E-state index is 12.1. The Balaban J connectivity index is 1.47. The summed E-state index contributed by atoms with van der Waals surface area (Å²) >= 11 is 0.